The SMILES string of the molecule is CC(=O)O[C@@H]1[C@@H](Oc2ccc(Br)cc2)[C@H](C)O[C@H](Cl)[C@@H]1Oc1ccc(Br)cc1. The van der Waals surface area contributed by atoms with E-state index >= 15 is 0 Å². The second-order valence-electron chi connectivity index (χ2n) is 6.34. The first-order valence-corrected chi connectivity index (χ1v) is 10.7. The van der Waals surface area contributed by atoms with Gasteiger partial charge in [-0.15, -0.1) is 0 Å². The molecule has 0 N–H and O–H groups in total. The molecule has 1 heterocycles. The number of benzene rings is 2. The van der Waals surface area contributed by atoms with Gasteiger partial charge in [-0.05, 0) is 55.5 Å². The van der Waals surface area contributed by atoms with Crippen LogP contribution in [0.1, 0.15) is 13.8 Å². The van der Waals surface area contributed by atoms with Gasteiger partial charge in [0.15, 0.2) is 23.9 Å². The minimum absolute atomic E-state index is 0.416. The van der Waals surface area contributed by atoms with Crippen LogP contribution in [0.3, 0.4) is 0 Å². The topological polar surface area (TPSA) is 54.0 Å². The van der Waals surface area contributed by atoms with Gasteiger partial charge < -0.3 is 18.9 Å². The van der Waals surface area contributed by atoms with Crippen LogP contribution in [0.15, 0.2) is 57.5 Å². The molecule has 5 nitrogen and oxygen atoms in total. The van der Waals surface area contributed by atoms with Gasteiger partial charge in [0.05, 0.1) is 6.10 Å². The lowest BCUT2D eigenvalue weighted by atomic mass is 10.00. The number of ether oxygens (including phenoxy) is 4. The Morgan fingerprint density at radius 2 is 1.36 bits per heavy atom. The number of alkyl halides is 1. The zero-order valence-electron chi connectivity index (χ0n) is 15.2. The molecule has 0 bridgehead atoms. The van der Waals surface area contributed by atoms with E-state index in [-0.39, 0.29) is 0 Å². The maximum atomic E-state index is 11.8. The Bertz CT molecular complexity index is 740. The molecule has 28 heavy (non-hydrogen) atoms. The summed E-state index contributed by atoms with van der Waals surface area (Å²) in [5.74, 6) is 0.754. The van der Waals surface area contributed by atoms with Crippen LogP contribution in [0, 0.1) is 0 Å². The van der Waals surface area contributed by atoms with E-state index in [1.54, 1.807) is 12.1 Å². The molecule has 1 fully saturated rings. The first-order valence-electron chi connectivity index (χ1n) is 8.64. The lowest BCUT2D eigenvalue weighted by Crippen LogP contribution is -2.60. The fourth-order valence-electron chi connectivity index (χ4n) is 2.91. The Balaban J connectivity index is 1.86. The number of hydrogen-bond acceptors (Lipinski definition) is 5. The van der Waals surface area contributed by atoms with Crippen LogP contribution in [-0.4, -0.2) is 35.9 Å². The van der Waals surface area contributed by atoms with Crippen molar-refractivity contribution in [2.24, 2.45) is 0 Å². The van der Waals surface area contributed by atoms with E-state index in [1.807, 2.05) is 43.3 Å². The molecule has 3 rings (SSSR count). The molecule has 0 aromatic heterocycles. The van der Waals surface area contributed by atoms with E-state index in [9.17, 15) is 4.79 Å². The predicted octanol–water partition coefficient (Wildman–Crippen LogP) is 5.32. The molecular weight excluding hydrogens is 515 g/mol. The molecular formula is C20H19Br2ClO5. The van der Waals surface area contributed by atoms with E-state index in [4.69, 9.17) is 30.5 Å². The molecule has 2 aromatic rings. The minimum atomic E-state index is -0.812. The third-order valence-electron chi connectivity index (χ3n) is 4.19. The van der Waals surface area contributed by atoms with Crippen LogP contribution in [0.25, 0.3) is 0 Å². The molecule has 1 aliphatic rings. The van der Waals surface area contributed by atoms with Gasteiger partial charge >= 0.3 is 5.97 Å². The fraction of sp³-hybridized carbons (Fsp3) is 0.350. The Morgan fingerprint density at radius 3 is 1.82 bits per heavy atom. The number of carbonyl (C=O) groups is 1. The molecule has 0 unspecified atom stereocenters. The maximum absolute atomic E-state index is 11.8. The smallest absolute Gasteiger partial charge is 0.303 e. The molecule has 150 valence electrons. The van der Waals surface area contributed by atoms with Gasteiger partial charge in [-0.1, -0.05) is 43.5 Å². The molecule has 2 aromatic carbocycles. The van der Waals surface area contributed by atoms with E-state index in [0.717, 1.165) is 8.95 Å². The number of hydrogen-bond donors (Lipinski definition) is 0. The van der Waals surface area contributed by atoms with Crippen LogP contribution in [-0.2, 0) is 14.3 Å². The van der Waals surface area contributed by atoms with E-state index < -0.39 is 35.9 Å². The maximum Gasteiger partial charge on any atom is 0.303 e. The lowest BCUT2D eigenvalue weighted by Gasteiger charge is -2.42. The van der Waals surface area contributed by atoms with Crippen molar-refractivity contribution in [2.75, 3.05) is 0 Å². The Hall–Kier alpha value is -1.28. The molecule has 1 aliphatic heterocycles. The van der Waals surface area contributed by atoms with E-state index in [2.05, 4.69) is 31.9 Å². The Morgan fingerprint density at radius 1 is 0.893 bits per heavy atom. The molecule has 1 saturated heterocycles. The monoisotopic (exact) mass is 532 g/mol. The summed E-state index contributed by atoms with van der Waals surface area (Å²) in [6.07, 6.45) is -2.51. The first kappa shape index (κ1) is 21.4. The zero-order chi connectivity index (χ0) is 20.3. The van der Waals surface area contributed by atoms with Gasteiger partial charge in [0.25, 0.3) is 0 Å². The second-order valence-corrected chi connectivity index (χ2v) is 8.60. The van der Waals surface area contributed by atoms with Crippen LogP contribution in [0.4, 0.5) is 0 Å². The lowest BCUT2D eigenvalue weighted by molar-refractivity contribution is -0.201. The van der Waals surface area contributed by atoms with Crippen molar-refractivity contribution in [3.63, 3.8) is 0 Å². The average molecular weight is 535 g/mol. The van der Waals surface area contributed by atoms with Crippen molar-refractivity contribution in [3.05, 3.63) is 57.5 Å². The summed E-state index contributed by atoms with van der Waals surface area (Å²) in [5, 5.41) is 0. The van der Waals surface area contributed by atoms with Crippen LogP contribution < -0.4 is 9.47 Å². The summed E-state index contributed by atoms with van der Waals surface area (Å²) in [6, 6.07) is 14.7. The molecule has 0 amide bonds. The van der Waals surface area contributed by atoms with Gasteiger partial charge in [0.2, 0.25) is 0 Å². The summed E-state index contributed by atoms with van der Waals surface area (Å²) >= 11 is 13.2. The fourth-order valence-corrected chi connectivity index (χ4v) is 3.80. The Kier molecular flexibility index (Phi) is 7.25. The van der Waals surface area contributed by atoms with Crippen molar-refractivity contribution >= 4 is 49.4 Å². The zero-order valence-corrected chi connectivity index (χ0v) is 19.1. The number of halogens is 3. The summed E-state index contributed by atoms with van der Waals surface area (Å²) in [6.45, 7) is 3.17. The highest BCUT2D eigenvalue weighted by atomic mass is 79.9. The summed E-state index contributed by atoms with van der Waals surface area (Å²) in [4.78, 5) is 11.8. The van der Waals surface area contributed by atoms with Crippen LogP contribution >= 0.6 is 43.5 Å². The quantitative estimate of drug-likeness (QED) is 0.384. The normalized spacial score (nSPS) is 27.1. The summed E-state index contributed by atoms with van der Waals surface area (Å²) < 4.78 is 25.4. The number of rotatable bonds is 5. The van der Waals surface area contributed by atoms with Crippen molar-refractivity contribution < 1.29 is 23.7 Å². The van der Waals surface area contributed by atoms with Crippen molar-refractivity contribution in [1.82, 2.24) is 0 Å². The van der Waals surface area contributed by atoms with Crippen LogP contribution in [0.2, 0.25) is 0 Å². The van der Waals surface area contributed by atoms with Crippen LogP contribution in [0.5, 0.6) is 11.5 Å². The van der Waals surface area contributed by atoms with Gasteiger partial charge in [0, 0.05) is 15.9 Å². The third-order valence-corrected chi connectivity index (χ3v) is 5.60. The van der Waals surface area contributed by atoms with Gasteiger partial charge in [-0.2, -0.15) is 0 Å². The average Bonchev–Trinajstić information content (AvgIpc) is 2.64. The highest BCUT2D eigenvalue weighted by Gasteiger charge is 2.49. The molecule has 5 atom stereocenters. The van der Waals surface area contributed by atoms with Gasteiger partial charge in [-0.3, -0.25) is 4.79 Å². The molecule has 0 saturated carbocycles. The molecule has 8 heteroatoms. The minimum Gasteiger partial charge on any atom is -0.484 e. The van der Waals surface area contributed by atoms with Gasteiger partial charge in [0.1, 0.15) is 11.5 Å². The number of carbonyl (C=O) groups excluding carboxylic acids is 1. The Labute approximate surface area is 185 Å². The van der Waals surface area contributed by atoms with Crippen molar-refractivity contribution in [2.45, 2.75) is 43.8 Å². The third kappa shape index (κ3) is 5.41. The highest BCUT2D eigenvalue weighted by molar-refractivity contribution is 9.10. The standard InChI is InChI=1S/C20H19Br2ClO5/c1-11-17(27-15-7-3-13(21)4-8-15)18(26-12(2)24)19(20(23)25-11)28-16-9-5-14(22)6-10-16/h3-11,17-20H,1-2H3/t11-,17-,18+,19+,20-/m0/s1. The van der Waals surface area contributed by atoms with Crippen molar-refractivity contribution in [3.8, 4) is 11.5 Å². The molecule has 0 spiro atoms. The van der Waals surface area contributed by atoms with Gasteiger partial charge in [-0.25, -0.2) is 0 Å². The largest absolute Gasteiger partial charge is 0.484 e. The molecule has 0 radical (unpaired) electrons. The van der Waals surface area contributed by atoms with E-state index in [1.165, 1.54) is 6.92 Å². The van der Waals surface area contributed by atoms with E-state index in [0.29, 0.717) is 11.5 Å². The number of esters is 1. The highest BCUT2D eigenvalue weighted by Crippen LogP contribution is 2.32. The predicted molar refractivity (Wildman–Crippen MR) is 113 cm³/mol. The summed E-state index contributed by atoms with van der Waals surface area (Å²) in [5.41, 5.74) is -0.812. The summed E-state index contributed by atoms with van der Waals surface area (Å²) in [7, 11) is 0. The molecule has 0 aliphatic carbocycles. The second kappa shape index (κ2) is 9.48. The van der Waals surface area contributed by atoms with Crippen molar-refractivity contribution in [1.29, 1.82) is 0 Å². The first-order chi connectivity index (χ1) is 13.3.